The molecular formula is C18H21N5. The van der Waals surface area contributed by atoms with E-state index in [0.29, 0.717) is 5.95 Å². The summed E-state index contributed by atoms with van der Waals surface area (Å²) in [6.07, 6.45) is 4.05. The molecule has 1 aromatic carbocycles. The number of hydrogen-bond acceptors (Lipinski definition) is 5. The molecule has 0 aliphatic rings. The van der Waals surface area contributed by atoms with Gasteiger partial charge in [0, 0.05) is 29.9 Å². The molecule has 3 aromatic rings. The summed E-state index contributed by atoms with van der Waals surface area (Å²) >= 11 is 0. The quantitative estimate of drug-likeness (QED) is 0.665. The van der Waals surface area contributed by atoms with Crippen LogP contribution in [0.25, 0.3) is 10.9 Å². The number of fused-ring (bicyclic) bond motifs is 1. The predicted molar refractivity (Wildman–Crippen MR) is 95.2 cm³/mol. The first kappa shape index (κ1) is 15.2. The summed E-state index contributed by atoms with van der Waals surface area (Å²) < 4.78 is 0. The van der Waals surface area contributed by atoms with Crippen molar-refractivity contribution >= 4 is 28.4 Å². The van der Waals surface area contributed by atoms with Gasteiger partial charge >= 0.3 is 0 Å². The molecule has 5 nitrogen and oxygen atoms in total. The molecule has 0 amide bonds. The van der Waals surface area contributed by atoms with Crippen LogP contribution in [-0.4, -0.2) is 21.5 Å². The Labute approximate surface area is 136 Å². The molecule has 2 N–H and O–H groups in total. The zero-order valence-electron chi connectivity index (χ0n) is 13.5. The van der Waals surface area contributed by atoms with Gasteiger partial charge in [0.2, 0.25) is 5.95 Å². The minimum absolute atomic E-state index is 0.661. The molecular weight excluding hydrogens is 286 g/mol. The fourth-order valence-corrected chi connectivity index (χ4v) is 2.43. The normalized spacial score (nSPS) is 10.7. The van der Waals surface area contributed by atoms with Crippen LogP contribution >= 0.6 is 0 Å². The van der Waals surface area contributed by atoms with Crippen molar-refractivity contribution in [3.8, 4) is 0 Å². The molecule has 0 bridgehead atoms. The second kappa shape index (κ2) is 7.05. The molecule has 118 valence electrons. The van der Waals surface area contributed by atoms with E-state index in [-0.39, 0.29) is 0 Å². The molecule has 3 rings (SSSR count). The maximum atomic E-state index is 4.55. The van der Waals surface area contributed by atoms with Gasteiger partial charge in [-0.2, -0.15) is 4.98 Å². The van der Waals surface area contributed by atoms with Gasteiger partial charge in [0.25, 0.3) is 0 Å². The van der Waals surface area contributed by atoms with E-state index in [9.17, 15) is 0 Å². The maximum absolute atomic E-state index is 4.55. The van der Waals surface area contributed by atoms with Crippen molar-refractivity contribution < 1.29 is 0 Å². The summed E-state index contributed by atoms with van der Waals surface area (Å²) in [7, 11) is 0. The van der Waals surface area contributed by atoms with E-state index in [1.807, 2.05) is 31.2 Å². The van der Waals surface area contributed by atoms with Crippen LogP contribution in [0.4, 0.5) is 17.5 Å². The highest BCUT2D eigenvalue weighted by molar-refractivity contribution is 5.91. The first-order chi connectivity index (χ1) is 11.3. The smallest absolute Gasteiger partial charge is 0.224 e. The number of rotatable bonds is 6. The molecule has 23 heavy (non-hydrogen) atoms. The number of benzene rings is 1. The van der Waals surface area contributed by atoms with Crippen LogP contribution in [-0.2, 0) is 0 Å². The standard InChI is InChI=1S/C18H21N5/c1-3-4-10-20-18-21-13(2)12-16(23-18)22-15-9-5-7-14-8-6-11-19-17(14)15/h5-9,11-12H,3-4,10H2,1-2H3,(H2,20,21,22,23). The van der Waals surface area contributed by atoms with Crippen LogP contribution in [0.15, 0.2) is 42.6 Å². The van der Waals surface area contributed by atoms with Gasteiger partial charge in [-0.05, 0) is 25.5 Å². The highest BCUT2D eigenvalue weighted by atomic mass is 15.1. The van der Waals surface area contributed by atoms with E-state index < -0.39 is 0 Å². The Kier molecular flexibility index (Phi) is 4.66. The summed E-state index contributed by atoms with van der Waals surface area (Å²) in [6.45, 7) is 5.02. The molecule has 0 unspecified atom stereocenters. The van der Waals surface area contributed by atoms with Crippen molar-refractivity contribution in [2.45, 2.75) is 26.7 Å². The zero-order valence-corrected chi connectivity index (χ0v) is 13.5. The minimum Gasteiger partial charge on any atom is -0.354 e. The summed E-state index contributed by atoms with van der Waals surface area (Å²) in [4.78, 5) is 13.4. The van der Waals surface area contributed by atoms with Gasteiger partial charge in [-0.3, -0.25) is 4.98 Å². The third-order valence-electron chi connectivity index (χ3n) is 3.56. The van der Waals surface area contributed by atoms with Gasteiger partial charge in [0.15, 0.2) is 0 Å². The van der Waals surface area contributed by atoms with Crippen molar-refractivity contribution in [2.75, 3.05) is 17.2 Å². The lowest BCUT2D eigenvalue weighted by molar-refractivity contribution is 0.825. The van der Waals surface area contributed by atoms with Crippen molar-refractivity contribution in [1.29, 1.82) is 0 Å². The number of hydrogen-bond donors (Lipinski definition) is 2. The maximum Gasteiger partial charge on any atom is 0.224 e. The largest absolute Gasteiger partial charge is 0.354 e. The van der Waals surface area contributed by atoms with Gasteiger partial charge in [0.05, 0.1) is 11.2 Å². The number of nitrogens with one attached hydrogen (secondary N) is 2. The number of pyridine rings is 1. The van der Waals surface area contributed by atoms with Crippen LogP contribution in [0.1, 0.15) is 25.5 Å². The molecule has 0 aliphatic heterocycles. The van der Waals surface area contributed by atoms with Gasteiger partial charge in [-0.15, -0.1) is 0 Å². The van der Waals surface area contributed by atoms with Crippen LogP contribution in [0.3, 0.4) is 0 Å². The summed E-state index contributed by atoms with van der Waals surface area (Å²) in [6, 6.07) is 12.0. The van der Waals surface area contributed by atoms with Crippen molar-refractivity contribution in [1.82, 2.24) is 15.0 Å². The Morgan fingerprint density at radius 3 is 2.83 bits per heavy atom. The Balaban J connectivity index is 1.86. The Morgan fingerprint density at radius 1 is 1.09 bits per heavy atom. The molecule has 2 aromatic heterocycles. The Hall–Kier alpha value is -2.69. The number of aromatic nitrogens is 3. The van der Waals surface area contributed by atoms with E-state index in [4.69, 9.17) is 0 Å². The molecule has 0 saturated carbocycles. The van der Waals surface area contributed by atoms with Crippen LogP contribution in [0, 0.1) is 6.92 Å². The van der Waals surface area contributed by atoms with E-state index in [2.05, 4.69) is 44.6 Å². The lowest BCUT2D eigenvalue weighted by Crippen LogP contribution is -2.07. The van der Waals surface area contributed by atoms with Gasteiger partial charge in [-0.1, -0.05) is 31.5 Å². The van der Waals surface area contributed by atoms with E-state index in [1.165, 1.54) is 0 Å². The predicted octanol–water partition coefficient (Wildman–Crippen LogP) is 4.29. The Morgan fingerprint density at radius 2 is 1.96 bits per heavy atom. The highest BCUT2D eigenvalue weighted by Gasteiger charge is 2.05. The van der Waals surface area contributed by atoms with Crippen molar-refractivity contribution in [3.05, 3.63) is 48.3 Å². The summed E-state index contributed by atoms with van der Waals surface area (Å²) in [5.74, 6) is 1.43. The average Bonchev–Trinajstić information content (AvgIpc) is 2.55. The van der Waals surface area contributed by atoms with Crippen molar-refractivity contribution in [2.24, 2.45) is 0 Å². The van der Waals surface area contributed by atoms with E-state index >= 15 is 0 Å². The first-order valence-corrected chi connectivity index (χ1v) is 7.96. The van der Waals surface area contributed by atoms with E-state index in [0.717, 1.165) is 47.5 Å². The van der Waals surface area contributed by atoms with Crippen LogP contribution in [0.5, 0.6) is 0 Å². The molecule has 2 heterocycles. The number of aryl methyl sites for hydroxylation is 1. The molecule has 0 aliphatic carbocycles. The van der Waals surface area contributed by atoms with Gasteiger partial charge in [0.1, 0.15) is 5.82 Å². The SMILES string of the molecule is CCCCNc1nc(C)cc(Nc2cccc3cccnc23)n1. The second-order valence-electron chi connectivity index (χ2n) is 5.50. The number of para-hydroxylation sites is 1. The summed E-state index contributed by atoms with van der Waals surface area (Å²) in [5, 5.41) is 7.74. The lowest BCUT2D eigenvalue weighted by atomic mass is 10.2. The Bertz CT molecular complexity index is 795. The van der Waals surface area contributed by atoms with Crippen LogP contribution < -0.4 is 10.6 Å². The zero-order chi connectivity index (χ0) is 16.1. The van der Waals surface area contributed by atoms with Crippen molar-refractivity contribution in [3.63, 3.8) is 0 Å². The average molecular weight is 307 g/mol. The summed E-state index contributed by atoms with van der Waals surface area (Å²) in [5.41, 5.74) is 2.81. The van der Waals surface area contributed by atoms with Crippen LogP contribution in [0.2, 0.25) is 0 Å². The van der Waals surface area contributed by atoms with Gasteiger partial charge < -0.3 is 10.6 Å². The molecule has 0 atom stereocenters. The highest BCUT2D eigenvalue weighted by Crippen LogP contribution is 2.24. The molecule has 0 radical (unpaired) electrons. The third kappa shape index (κ3) is 3.74. The van der Waals surface area contributed by atoms with E-state index in [1.54, 1.807) is 6.20 Å². The molecule has 5 heteroatoms. The first-order valence-electron chi connectivity index (χ1n) is 7.96. The fraction of sp³-hybridized carbons (Fsp3) is 0.278. The molecule has 0 spiro atoms. The number of unbranched alkanes of at least 4 members (excludes halogenated alkanes) is 1. The number of anilines is 3. The second-order valence-corrected chi connectivity index (χ2v) is 5.50. The fourth-order valence-electron chi connectivity index (χ4n) is 2.43. The topological polar surface area (TPSA) is 62.7 Å². The molecule has 0 saturated heterocycles. The van der Waals surface area contributed by atoms with Gasteiger partial charge in [-0.25, -0.2) is 4.98 Å². The lowest BCUT2D eigenvalue weighted by Gasteiger charge is -2.11. The third-order valence-corrected chi connectivity index (χ3v) is 3.56. The minimum atomic E-state index is 0.661. The number of nitrogens with zero attached hydrogens (tertiary/aromatic N) is 3. The monoisotopic (exact) mass is 307 g/mol. The molecule has 0 fully saturated rings.